The van der Waals surface area contributed by atoms with Crippen LogP contribution >= 0.6 is 11.6 Å². The third kappa shape index (κ3) is 5.89. The molecule has 0 aromatic heterocycles. The molecule has 1 atom stereocenters. The van der Waals surface area contributed by atoms with Gasteiger partial charge in [0, 0.05) is 18.6 Å². The van der Waals surface area contributed by atoms with Crippen LogP contribution in [0.3, 0.4) is 0 Å². The van der Waals surface area contributed by atoms with Gasteiger partial charge in [0.2, 0.25) is 5.91 Å². The van der Waals surface area contributed by atoms with Crippen LogP contribution in [0.15, 0.2) is 36.4 Å². The van der Waals surface area contributed by atoms with Crippen molar-refractivity contribution in [3.05, 3.63) is 58.1 Å². The molecule has 6 nitrogen and oxygen atoms in total. The Kier molecular flexibility index (Phi) is 8.54. The van der Waals surface area contributed by atoms with Crippen molar-refractivity contribution in [1.82, 2.24) is 10.2 Å². The van der Waals surface area contributed by atoms with Gasteiger partial charge in [0.25, 0.3) is 5.91 Å². The van der Waals surface area contributed by atoms with Crippen molar-refractivity contribution in [2.24, 2.45) is 0 Å². The molecule has 30 heavy (non-hydrogen) atoms. The van der Waals surface area contributed by atoms with Crippen LogP contribution in [0.2, 0.25) is 5.02 Å². The van der Waals surface area contributed by atoms with Crippen LogP contribution in [0.4, 0.5) is 0 Å². The third-order valence-electron chi connectivity index (χ3n) is 4.89. The van der Waals surface area contributed by atoms with Gasteiger partial charge >= 0.3 is 0 Å². The molecule has 0 radical (unpaired) electrons. The first-order chi connectivity index (χ1) is 14.3. The van der Waals surface area contributed by atoms with E-state index >= 15 is 0 Å². The second kappa shape index (κ2) is 10.9. The average Bonchev–Trinajstić information content (AvgIpc) is 2.75. The van der Waals surface area contributed by atoms with Crippen LogP contribution < -0.4 is 14.8 Å². The minimum absolute atomic E-state index is 0.183. The molecule has 0 saturated heterocycles. The molecule has 0 aliphatic carbocycles. The third-order valence-corrected chi connectivity index (χ3v) is 5.49. The van der Waals surface area contributed by atoms with Crippen molar-refractivity contribution < 1.29 is 19.1 Å². The van der Waals surface area contributed by atoms with Crippen molar-refractivity contribution in [1.29, 1.82) is 0 Å². The lowest BCUT2D eigenvalue weighted by Gasteiger charge is -2.30. The number of benzene rings is 2. The van der Waals surface area contributed by atoms with Crippen LogP contribution in [0.1, 0.15) is 30.0 Å². The highest BCUT2D eigenvalue weighted by molar-refractivity contribution is 6.32. The van der Waals surface area contributed by atoms with Crippen LogP contribution in [0.25, 0.3) is 0 Å². The number of nitrogens with one attached hydrogen (secondary N) is 1. The van der Waals surface area contributed by atoms with Crippen LogP contribution in [0, 0.1) is 13.8 Å². The SMILES string of the molecule is CCC(C(=O)NC)N(Cc1cccc(OC)c1)C(=O)COc1cc(C)c(Cl)c(C)c1. The van der Waals surface area contributed by atoms with Crippen molar-refractivity contribution in [3.63, 3.8) is 0 Å². The van der Waals surface area contributed by atoms with Crippen molar-refractivity contribution in [2.75, 3.05) is 20.8 Å². The fraction of sp³-hybridized carbons (Fsp3) is 0.391. The van der Waals surface area contributed by atoms with E-state index in [0.717, 1.165) is 16.7 Å². The maximum Gasteiger partial charge on any atom is 0.261 e. The molecule has 7 heteroatoms. The van der Waals surface area contributed by atoms with E-state index in [1.165, 1.54) is 0 Å². The second-order valence-corrected chi connectivity index (χ2v) is 7.45. The van der Waals surface area contributed by atoms with Crippen molar-refractivity contribution in [2.45, 2.75) is 39.8 Å². The van der Waals surface area contributed by atoms with E-state index < -0.39 is 6.04 Å². The number of rotatable bonds is 9. The summed E-state index contributed by atoms with van der Waals surface area (Å²) < 4.78 is 11.0. The Morgan fingerprint density at radius 1 is 1.13 bits per heavy atom. The quantitative estimate of drug-likeness (QED) is 0.652. The topological polar surface area (TPSA) is 67.9 Å². The molecule has 2 amide bonds. The summed E-state index contributed by atoms with van der Waals surface area (Å²) in [5.41, 5.74) is 2.62. The van der Waals surface area contributed by atoms with Gasteiger partial charge in [0.1, 0.15) is 17.5 Å². The van der Waals surface area contributed by atoms with Crippen LogP contribution in [0.5, 0.6) is 11.5 Å². The van der Waals surface area contributed by atoms with E-state index in [-0.39, 0.29) is 25.0 Å². The van der Waals surface area contributed by atoms with Gasteiger partial charge in [-0.1, -0.05) is 30.7 Å². The summed E-state index contributed by atoms with van der Waals surface area (Å²) in [6.07, 6.45) is 0.481. The molecule has 162 valence electrons. The Hall–Kier alpha value is -2.73. The zero-order valence-corrected chi connectivity index (χ0v) is 18.9. The molecule has 0 spiro atoms. The fourth-order valence-electron chi connectivity index (χ4n) is 3.27. The number of ether oxygens (including phenoxy) is 2. The minimum atomic E-state index is -0.606. The normalized spacial score (nSPS) is 11.5. The van der Waals surface area contributed by atoms with Gasteiger partial charge in [-0.15, -0.1) is 0 Å². The summed E-state index contributed by atoms with van der Waals surface area (Å²) in [6, 6.07) is 10.4. The summed E-state index contributed by atoms with van der Waals surface area (Å²) in [6.45, 7) is 5.73. The van der Waals surface area contributed by atoms with Crippen molar-refractivity contribution in [3.8, 4) is 11.5 Å². The largest absolute Gasteiger partial charge is 0.497 e. The maximum atomic E-state index is 13.1. The molecule has 0 aliphatic rings. The molecular formula is C23H29ClN2O4. The Balaban J connectivity index is 2.23. The van der Waals surface area contributed by atoms with Gasteiger partial charge in [-0.25, -0.2) is 0 Å². The predicted octanol–water partition coefficient (Wildman–Crippen LogP) is 3.90. The van der Waals surface area contributed by atoms with Gasteiger partial charge in [0.15, 0.2) is 6.61 Å². The van der Waals surface area contributed by atoms with E-state index in [1.54, 1.807) is 31.2 Å². The molecule has 0 heterocycles. The number of aryl methyl sites for hydroxylation is 2. The Labute approximate surface area is 183 Å². The molecule has 1 unspecified atom stereocenters. The molecule has 2 aromatic carbocycles. The van der Waals surface area contributed by atoms with Crippen LogP contribution in [-0.4, -0.2) is 43.5 Å². The molecule has 1 N–H and O–H groups in total. The van der Waals surface area contributed by atoms with E-state index in [9.17, 15) is 9.59 Å². The van der Waals surface area contributed by atoms with Crippen molar-refractivity contribution >= 4 is 23.4 Å². The van der Waals surface area contributed by atoms with E-state index in [2.05, 4.69) is 5.32 Å². The Morgan fingerprint density at radius 3 is 2.37 bits per heavy atom. The number of carbonyl (C=O) groups is 2. The zero-order chi connectivity index (χ0) is 22.3. The Morgan fingerprint density at radius 2 is 1.80 bits per heavy atom. The molecule has 0 saturated carbocycles. The van der Waals surface area contributed by atoms with Gasteiger partial charge < -0.3 is 19.7 Å². The molecule has 2 rings (SSSR count). The summed E-state index contributed by atoms with van der Waals surface area (Å²) in [4.78, 5) is 27.1. The van der Waals surface area contributed by atoms with E-state index in [1.807, 2.05) is 45.0 Å². The van der Waals surface area contributed by atoms with Gasteiger partial charge in [0.05, 0.1) is 7.11 Å². The van der Waals surface area contributed by atoms with Gasteiger partial charge in [-0.3, -0.25) is 9.59 Å². The standard InChI is InChI=1S/C23H29ClN2O4/c1-6-20(23(28)25-4)26(13-17-8-7-9-18(12-17)29-5)21(27)14-30-19-10-15(2)22(24)16(3)11-19/h7-12,20H,6,13-14H2,1-5H3,(H,25,28). The minimum Gasteiger partial charge on any atom is -0.497 e. The highest BCUT2D eigenvalue weighted by Crippen LogP contribution is 2.26. The van der Waals surface area contributed by atoms with Gasteiger partial charge in [-0.2, -0.15) is 0 Å². The number of nitrogens with zero attached hydrogens (tertiary/aromatic N) is 1. The lowest BCUT2D eigenvalue weighted by molar-refractivity contribution is -0.142. The number of halogens is 1. The Bertz CT molecular complexity index is 878. The summed E-state index contributed by atoms with van der Waals surface area (Å²) in [5, 5.41) is 3.32. The molecule has 0 bridgehead atoms. The second-order valence-electron chi connectivity index (χ2n) is 7.07. The van der Waals surface area contributed by atoms with E-state index in [4.69, 9.17) is 21.1 Å². The number of hydrogen-bond donors (Lipinski definition) is 1. The van der Waals surface area contributed by atoms with Crippen LogP contribution in [-0.2, 0) is 16.1 Å². The smallest absolute Gasteiger partial charge is 0.261 e. The maximum absolute atomic E-state index is 13.1. The lowest BCUT2D eigenvalue weighted by atomic mass is 10.1. The monoisotopic (exact) mass is 432 g/mol. The summed E-state index contributed by atoms with van der Waals surface area (Å²) in [5.74, 6) is 0.763. The number of likely N-dealkylation sites (N-methyl/N-ethyl adjacent to an activating group) is 1. The molecule has 0 fully saturated rings. The van der Waals surface area contributed by atoms with E-state index in [0.29, 0.717) is 22.9 Å². The highest BCUT2D eigenvalue weighted by atomic mass is 35.5. The first-order valence-electron chi connectivity index (χ1n) is 9.84. The number of carbonyl (C=O) groups excluding carboxylic acids is 2. The molecular weight excluding hydrogens is 404 g/mol. The number of hydrogen-bond acceptors (Lipinski definition) is 4. The first kappa shape index (κ1) is 23.5. The molecule has 2 aromatic rings. The fourth-order valence-corrected chi connectivity index (χ4v) is 3.38. The lowest BCUT2D eigenvalue weighted by Crippen LogP contribution is -2.49. The molecule has 0 aliphatic heterocycles. The summed E-state index contributed by atoms with van der Waals surface area (Å²) in [7, 11) is 3.15. The number of methoxy groups -OCH3 is 1. The predicted molar refractivity (Wildman–Crippen MR) is 118 cm³/mol. The first-order valence-corrected chi connectivity index (χ1v) is 10.2. The zero-order valence-electron chi connectivity index (χ0n) is 18.1. The average molecular weight is 433 g/mol. The summed E-state index contributed by atoms with van der Waals surface area (Å²) >= 11 is 6.20. The highest BCUT2D eigenvalue weighted by Gasteiger charge is 2.28. The number of amides is 2. The van der Waals surface area contributed by atoms with Gasteiger partial charge in [-0.05, 0) is 61.2 Å².